The summed E-state index contributed by atoms with van der Waals surface area (Å²) >= 11 is 0. The second kappa shape index (κ2) is 3.92. The highest BCUT2D eigenvalue weighted by Gasteiger charge is 1.98. The second-order valence-electron chi connectivity index (χ2n) is 3.19. The molecule has 1 heterocycles. The van der Waals surface area contributed by atoms with Crippen molar-refractivity contribution in [3.63, 3.8) is 0 Å². The van der Waals surface area contributed by atoms with E-state index in [-0.39, 0.29) is 5.56 Å². The molecule has 70 valence electrons. The number of benzene rings is 1. The van der Waals surface area contributed by atoms with Crippen LogP contribution in [0.25, 0.3) is 0 Å². The first kappa shape index (κ1) is 8.75. The summed E-state index contributed by atoms with van der Waals surface area (Å²) in [6, 6.07) is 13.7. The molecule has 1 aromatic carbocycles. The topological polar surface area (TPSA) is 32.9 Å². The van der Waals surface area contributed by atoms with Crippen LogP contribution in [-0.4, -0.2) is 4.98 Å². The number of hydrogen-bond acceptors (Lipinski definition) is 1. The fourth-order valence-corrected chi connectivity index (χ4v) is 1.41. The first-order valence-electron chi connectivity index (χ1n) is 4.57. The predicted molar refractivity (Wildman–Crippen MR) is 56.3 cm³/mol. The maximum Gasteiger partial charge on any atom is 0.251 e. The molecule has 0 aliphatic carbocycles. The number of hydrogen-bond donors (Lipinski definition) is 1. The fourth-order valence-electron chi connectivity index (χ4n) is 1.41. The van der Waals surface area contributed by atoms with Crippen LogP contribution in [0, 0.1) is 0 Å². The van der Waals surface area contributed by atoms with Crippen molar-refractivity contribution < 1.29 is 0 Å². The monoisotopic (exact) mass is 185 g/mol. The van der Waals surface area contributed by atoms with Crippen molar-refractivity contribution in [2.75, 3.05) is 0 Å². The molecular formula is C12H11NO. The van der Waals surface area contributed by atoms with Crippen LogP contribution < -0.4 is 5.56 Å². The Kier molecular flexibility index (Phi) is 2.45. The summed E-state index contributed by atoms with van der Waals surface area (Å²) in [6.07, 6.45) is 2.34. The lowest BCUT2D eigenvalue weighted by molar-refractivity contribution is 1.09. The highest BCUT2D eigenvalue weighted by atomic mass is 16.1. The van der Waals surface area contributed by atoms with Crippen molar-refractivity contribution >= 4 is 0 Å². The molecule has 1 aromatic heterocycles. The fraction of sp³-hybridized carbons (Fsp3) is 0.0833. The lowest BCUT2D eigenvalue weighted by atomic mass is 10.1. The van der Waals surface area contributed by atoms with Gasteiger partial charge in [-0.25, -0.2) is 0 Å². The van der Waals surface area contributed by atoms with Gasteiger partial charge in [0.1, 0.15) is 0 Å². The molecular weight excluding hydrogens is 174 g/mol. The minimum atomic E-state index is -0.00338. The molecule has 0 spiro atoms. The Hall–Kier alpha value is -1.83. The third-order valence-corrected chi connectivity index (χ3v) is 2.14. The molecule has 0 radical (unpaired) electrons. The number of nitrogens with one attached hydrogen (secondary N) is 1. The van der Waals surface area contributed by atoms with E-state index in [4.69, 9.17) is 0 Å². The van der Waals surface area contributed by atoms with E-state index in [0.29, 0.717) is 6.42 Å². The zero-order valence-corrected chi connectivity index (χ0v) is 7.73. The molecule has 0 unspecified atom stereocenters. The van der Waals surface area contributed by atoms with Crippen LogP contribution in [0.5, 0.6) is 0 Å². The van der Waals surface area contributed by atoms with Crippen molar-refractivity contribution in [1.82, 2.24) is 4.98 Å². The number of pyridine rings is 1. The lowest BCUT2D eigenvalue weighted by Gasteiger charge is -1.99. The first-order valence-corrected chi connectivity index (χ1v) is 4.57. The van der Waals surface area contributed by atoms with Gasteiger partial charge in [-0.1, -0.05) is 36.4 Å². The van der Waals surface area contributed by atoms with Gasteiger partial charge in [0.25, 0.3) is 5.56 Å². The van der Waals surface area contributed by atoms with Gasteiger partial charge in [0.15, 0.2) is 0 Å². The Bertz CT molecular complexity index is 459. The van der Waals surface area contributed by atoms with Gasteiger partial charge in [-0.2, -0.15) is 0 Å². The average molecular weight is 185 g/mol. The number of aromatic amines is 1. The Morgan fingerprint density at radius 1 is 1.00 bits per heavy atom. The molecule has 2 aromatic rings. The quantitative estimate of drug-likeness (QED) is 0.762. The normalized spacial score (nSPS) is 10.0. The molecule has 0 bridgehead atoms. The third-order valence-electron chi connectivity index (χ3n) is 2.14. The molecule has 0 saturated heterocycles. The minimum Gasteiger partial charge on any atom is -0.329 e. The van der Waals surface area contributed by atoms with Gasteiger partial charge in [-0.15, -0.1) is 0 Å². The predicted octanol–water partition coefficient (Wildman–Crippen LogP) is 1.97. The van der Waals surface area contributed by atoms with Gasteiger partial charge in [0.2, 0.25) is 0 Å². The smallest absolute Gasteiger partial charge is 0.251 e. The van der Waals surface area contributed by atoms with E-state index in [1.54, 1.807) is 6.20 Å². The second-order valence-corrected chi connectivity index (χ2v) is 3.19. The molecule has 1 N–H and O–H groups in total. The summed E-state index contributed by atoms with van der Waals surface area (Å²) in [5, 5.41) is 0. The van der Waals surface area contributed by atoms with Gasteiger partial charge in [-0.3, -0.25) is 4.79 Å². The minimum absolute atomic E-state index is 0.00338. The van der Waals surface area contributed by atoms with Gasteiger partial charge in [0, 0.05) is 18.2 Å². The summed E-state index contributed by atoms with van der Waals surface area (Å²) in [5.74, 6) is 0. The van der Waals surface area contributed by atoms with Crippen LogP contribution in [0.2, 0.25) is 0 Å². The van der Waals surface area contributed by atoms with E-state index < -0.39 is 0 Å². The molecule has 2 heteroatoms. The molecule has 0 atom stereocenters. The molecule has 0 saturated carbocycles. The van der Waals surface area contributed by atoms with Gasteiger partial charge < -0.3 is 4.98 Å². The maximum absolute atomic E-state index is 11.4. The van der Waals surface area contributed by atoms with E-state index in [1.807, 2.05) is 42.5 Å². The van der Waals surface area contributed by atoms with E-state index in [9.17, 15) is 4.79 Å². The van der Waals surface area contributed by atoms with Crippen LogP contribution >= 0.6 is 0 Å². The van der Waals surface area contributed by atoms with Crippen LogP contribution in [-0.2, 0) is 6.42 Å². The largest absolute Gasteiger partial charge is 0.329 e. The van der Waals surface area contributed by atoms with E-state index in [1.165, 1.54) is 0 Å². The Morgan fingerprint density at radius 3 is 2.50 bits per heavy atom. The highest BCUT2D eigenvalue weighted by molar-refractivity contribution is 5.23. The van der Waals surface area contributed by atoms with E-state index in [2.05, 4.69) is 4.98 Å². The summed E-state index contributed by atoms with van der Waals surface area (Å²) in [5.41, 5.74) is 1.96. The zero-order valence-electron chi connectivity index (χ0n) is 7.73. The molecule has 0 fully saturated rings. The Balaban J connectivity index is 2.28. The number of rotatable bonds is 2. The molecule has 0 aliphatic heterocycles. The van der Waals surface area contributed by atoms with Gasteiger partial charge in [-0.05, 0) is 11.6 Å². The first-order chi connectivity index (χ1) is 6.86. The van der Waals surface area contributed by atoms with Crippen LogP contribution in [0.1, 0.15) is 11.1 Å². The number of aromatic nitrogens is 1. The van der Waals surface area contributed by atoms with Gasteiger partial charge in [0.05, 0.1) is 0 Å². The van der Waals surface area contributed by atoms with Crippen molar-refractivity contribution in [3.8, 4) is 0 Å². The average Bonchev–Trinajstić information content (AvgIpc) is 2.23. The SMILES string of the molecule is O=c1[nH]cccc1Cc1ccccc1. The lowest BCUT2D eigenvalue weighted by Crippen LogP contribution is -2.11. The molecule has 0 amide bonds. The Morgan fingerprint density at radius 2 is 1.79 bits per heavy atom. The summed E-state index contributed by atoms with van der Waals surface area (Å²) in [7, 11) is 0. The van der Waals surface area contributed by atoms with E-state index >= 15 is 0 Å². The molecule has 0 aliphatic rings. The maximum atomic E-state index is 11.4. The number of H-pyrrole nitrogens is 1. The van der Waals surface area contributed by atoms with Crippen molar-refractivity contribution in [2.45, 2.75) is 6.42 Å². The van der Waals surface area contributed by atoms with Crippen molar-refractivity contribution in [3.05, 3.63) is 70.1 Å². The summed E-state index contributed by atoms with van der Waals surface area (Å²) < 4.78 is 0. The van der Waals surface area contributed by atoms with E-state index in [0.717, 1.165) is 11.1 Å². The van der Waals surface area contributed by atoms with Gasteiger partial charge >= 0.3 is 0 Å². The molecule has 2 nitrogen and oxygen atoms in total. The third kappa shape index (κ3) is 1.91. The highest BCUT2D eigenvalue weighted by Crippen LogP contribution is 2.04. The zero-order chi connectivity index (χ0) is 9.80. The summed E-state index contributed by atoms with van der Waals surface area (Å²) in [6.45, 7) is 0. The molecule has 2 rings (SSSR count). The standard InChI is InChI=1S/C12H11NO/c14-12-11(7-4-8-13-12)9-10-5-2-1-3-6-10/h1-8H,9H2,(H,13,14). The Labute approximate surface area is 82.2 Å². The van der Waals surface area contributed by atoms with Crippen molar-refractivity contribution in [1.29, 1.82) is 0 Å². The molecule has 14 heavy (non-hydrogen) atoms. The summed E-state index contributed by atoms with van der Waals surface area (Å²) in [4.78, 5) is 14.0. The van der Waals surface area contributed by atoms with Crippen molar-refractivity contribution in [2.24, 2.45) is 0 Å². The van der Waals surface area contributed by atoms with Crippen LogP contribution in [0.3, 0.4) is 0 Å². The van der Waals surface area contributed by atoms with Crippen LogP contribution in [0.15, 0.2) is 53.5 Å². The van der Waals surface area contributed by atoms with Crippen LogP contribution in [0.4, 0.5) is 0 Å².